The van der Waals surface area contributed by atoms with Crippen molar-refractivity contribution in [3.05, 3.63) is 57.3 Å². The highest BCUT2D eigenvalue weighted by Gasteiger charge is 2.19. The van der Waals surface area contributed by atoms with E-state index in [1.54, 1.807) is 12.1 Å². The number of carbonyl (C=O) groups is 2. The van der Waals surface area contributed by atoms with E-state index in [0.717, 1.165) is 0 Å². The first-order valence-corrected chi connectivity index (χ1v) is 8.23. The molecule has 0 radical (unpaired) electrons. The largest absolute Gasteiger partial charge is 0.492 e. The van der Waals surface area contributed by atoms with Crippen molar-refractivity contribution in [2.24, 2.45) is 0 Å². The minimum Gasteiger partial charge on any atom is -0.492 e. The van der Waals surface area contributed by atoms with Crippen molar-refractivity contribution >= 4 is 46.7 Å². The molecule has 0 saturated carbocycles. The molecule has 0 bridgehead atoms. The van der Waals surface area contributed by atoms with Crippen LogP contribution in [0.1, 0.15) is 10.5 Å². The van der Waals surface area contributed by atoms with Gasteiger partial charge in [-0.15, -0.1) is 0 Å². The van der Waals surface area contributed by atoms with Gasteiger partial charge in [0.05, 0.1) is 21.6 Å². The number of aromatic nitrogens is 1. The van der Waals surface area contributed by atoms with Crippen LogP contribution in [-0.2, 0) is 9.53 Å². The van der Waals surface area contributed by atoms with Gasteiger partial charge in [0, 0.05) is 6.20 Å². The molecular weight excluding hydrogens is 391 g/mol. The molecule has 1 aromatic heterocycles. The molecule has 9 heteroatoms. The summed E-state index contributed by atoms with van der Waals surface area (Å²) in [6, 6.07) is 9.16. The summed E-state index contributed by atoms with van der Waals surface area (Å²) >= 11 is 17.4. The molecule has 1 heterocycles. The van der Waals surface area contributed by atoms with Crippen LogP contribution >= 0.6 is 34.8 Å². The Morgan fingerprint density at radius 3 is 2.52 bits per heavy atom. The van der Waals surface area contributed by atoms with Crippen LogP contribution in [0, 0.1) is 0 Å². The number of carbonyl (C=O) groups excluding carboxylic acids is 2. The van der Waals surface area contributed by atoms with E-state index in [4.69, 9.17) is 44.3 Å². The van der Waals surface area contributed by atoms with Gasteiger partial charge in [0.25, 0.3) is 5.91 Å². The van der Waals surface area contributed by atoms with Crippen molar-refractivity contribution in [1.29, 1.82) is 0 Å². The van der Waals surface area contributed by atoms with E-state index in [1.165, 1.54) is 6.20 Å². The van der Waals surface area contributed by atoms with E-state index in [2.05, 4.69) is 10.3 Å². The van der Waals surface area contributed by atoms with Gasteiger partial charge in [-0.05, 0) is 12.1 Å². The topological polar surface area (TPSA) is 77.5 Å². The van der Waals surface area contributed by atoms with Crippen LogP contribution in [-0.4, -0.2) is 36.6 Å². The zero-order valence-corrected chi connectivity index (χ0v) is 15.1. The highest BCUT2D eigenvalue weighted by Crippen LogP contribution is 2.31. The first-order chi connectivity index (χ1) is 12.0. The number of pyridine rings is 1. The number of hydrogen-bond donors (Lipinski definition) is 1. The molecule has 0 fully saturated rings. The van der Waals surface area contributed by atoms with Crippen LogP contribution in [0.2, 0.25) is 15.1 Å². The third-order valence-corrected chi connectivity index (χ3v) is 4.12. The van der Waals surface area contributed by atoms with Crippen molar-refractivity contribution in [3.8, 4) is 5.75 Å². The Kier molecular flexibility index (Phi) is 7.31. The second kappa shape index (κ2) is 9.46. The fraction of sp³-hybridized carbons (Fsp3) is 0.188. The fourth-order valence-corrected chi connectivity index (χ4v) is 2.27. The summed E-state index contributed by atoms with van der Waals surface area (Å²) in [5.74, 6) is -0.663. The van der Waals surface area contributed by atoms with Gasteiger partial charge in [-0.2, -0.15) is 0 Å². The number of esters is 1. The van der Waals surface area contributed by atoms with Gasteiger partial charge >= 0.3 is 5.97 Å². The fourth-order valence-electron chi connectivity index (χ4n) is 1.71. The minimum absolute atomic E-state index is 0.00667. The maximum atomic E-state index is 11.9. The van der Waals surface area contributed by atoms with Crippen molar-refractivity contribution in [2.45, 2.75) is 0 Å². The minimum atomic E-state index is -0.876. The van der Waals surface area contributed by atoms with Crippen molar-refractivity contribution in [1.82, 2.24) is 10.3 Å². The Hall–Kier alpha value is -2.02. The lowest BCUT2D eigenvalue weighted by Gasteiger charge is -2.09. The molecule has 2 rings (SSSR count). The van der Waals surface area contributed by atoms with Crippen molar-refractivity contribution in [3.63, 3.8) is 0 Å². The Morgan fingerprint density at radius 1 is 1.08 bits per heavy atom. The summed E-state index contributed by atoms with van der Waals surface area (Å²) in [7, 11) is 0. The van der Waals surface area contributed by atoms with Gasteiger partial charge in [-0.3, -0.25) is 4.79 Å². The third-order valence-electron chi connectivity index (χ3n) is 2.88. The standard InChI is InChI=1S/C16H13Cl3N2O4/c17-11-8-21-15(14(19)13(11)18)16(23)25-9-12(22)20-6-7-24-10-4-2-1-3-5-10/h1-5,8H,6-7,9H2,(H,20,22). The number of rotatable bonds is 7. The molecule has 1 aromatic carbocycles. The summed E-state index contributed by atoms with van der Waals surface area (Å²) in [6.07, 6.45) is 1.17. The second-order valence-electron chi connectivity index (χ2n) is 4.67. The average molecular weight is 404 g/mol. The van der Waals surface area contributed by atoms with Crippen molar-refractivity contribution in [2.75, 3.05) is 19.8 Å². The molecule has 25 heavy (non-hydrogen) atoms. The first kappa shape index (κ1) is 19.3. The number of amides is 1. The Balaban J connectivity index is 1.73. The molecule has 0 spiro atoms. The predicted octanol–water partition coefficient (Wildman–Crippen LogP) is 3.39. The van der Waals surface area contributed by atoms with E-state index in [1.807, 2.05) is 18.2 Å². The zero-order valence-electron chi connectivity index (χ0n) is 12.8. The number of benzene rings is 1. The quantitative estimate of drug-likeness (QED) is 0.566. The summed E-state index contributed by atoms with van der Waals surface area (Å²) in [4.78, 5) is 27.3. The Labute approximate surface area is 159 Å². The van der Waals surface area contributed by atoms with Gasteiger partial charge in [0.15, 0.2) is 12.3 Å². The lowest BCUT2D eigenvalue weighted by atomic mass is 10.3. The smallest absolute Gasteiger partial charge is 0.359 e. The van der Waals surface area contributed by atoms with Crippen LogP contribution in [0.3, 0.4) is 0 Å². The molecule has 0 aliphatic heterocycles. The van der Waals surface area contributed by atoms with Gasteiger partial charge < -0.3 is 14.8 Å². The van der Waals surface area contributed by atoms with Gasteiger partial charge in [-0.25, -0.2) is 9.78 Å². The summed E-state index contributed by atoms with van der Waals surface area (Å²) in [6.45, 7) is 0.0589. The molecule has 0 aliphatic carbocycles. The molecule has 0 saturated heterocycles. The molecule has 132 valence electrons. The van der Waals surface area contributed by atoms with E-state index < -0.39 is 18.5 Å². The molecule has 1 N–H and O–H groups in total. The van der Waals surface area contributed by atoms with Gasteiger partial charge in [0.1, 0.15) is 12.4 Å². The van der Waals surface area contributed by atoms with Crippen molar-refractivity contribution < 1.29 is 19.1 Å². The normalized spacial score (nSPS) is 10.2. The van der Waals surface area contributed by atoms with Gasteiger partial charge in [-0.1, -0.05) is 53.0 Å². The van der Waals surface area contributed by atoms with Crippen LogP contribution < -0.4 is 10.1 Å². The lowest BCUT2D eigenvalue weighted by Crippen LogP contribution is -2.32. The number of nitrogens with one attached hydrogen (secondary N) is 1. The van der Waals surface area contributed by atoms with Crippen LogP contribution in [0.15, 0.2) is 36.5 Å². The van der Waals surface area contributed by atoms with E-state index in [-0.39, 0.29) is 33.9 Å². The SMILES string of the molecule is O=C(COC(=O)c1ncc(Cl)c(Cl)c1Cl)NCCOc1ccccc1. The first-order valence-electron chi connectivity index (χ1n) is 7.10. The number of hydrogen-bond acceptors (Lipinski definition) is 5. The summed E-state index contributed by atoms with van der Waals surface area (Å²) in [5, 5.41) is 2.53. The number of halogens is 3. The highest BCUT2D eigenvalue weighted by atomic mass is 35.5. The molecular formula is C16H13Cl3N2O4. The molecule has 0 aliphatic rings. The molecule has 2 aromatic rings. The molecule has 1 amide bonds. The summed E-state index contributed by atoms with van der Waals surface area (Å²) < 4.78 is 10.3. The molecule has 0 atom stereocenters. The number of nitrogens with zero attached hydrogens (tertiary/aromatic N) is 1. The number of para-hydroxylation sites is 1. The molecule has 6 nitrogen and oxygen atoms in total. The van der Waals surface area contributed by atoms with Crippen LogP contribution in [0.5, 0.6) is 5.75 Å². The van der Waals surface area contributed by atoms with E-state index >= 15 is 0 Å². The maximum Gasteiger partial charge on any atom is 0.359 e. The van der Waals surface area contributed by atoms with Crippen LogP contribution in [0.25, 0.3) is 0 Å². The maximum absolute atomic E-state index is 11.9. The summed E-state index contributed by atoms with van der Waals surface area (Å²) in [5.41, 5.74) is -0.212. The average Bonchev–Trinajstić information content (AvgIpc) is 2.62. The number of ether oxygens (including phenoxy) is 2. The zero-order chi connectivity index (χ0) is 18.2. The van der Waals surface area contributed by atoms with Crippen LogP contribution in [0.4, 0.5) is 0 Å². The third kappa shape index (κ3) is 5.77. The van der Waals surface area contributed by atoms with E-state index in [9.17, 15) is 9.59 Å². The predicted molar refractivity (Wildman–Crippen MR) is 94.5 cm³/mol. The highest BCUT2D eigenvalue weighted by molar-refractivity contribution is 6.48. The Bertz CT molecular complexity index is 757. The van der Waals surface area contributed by atoms with E-state index in [0.29, 0.717) is 5.75 Å². The Morgan fingerprint density at radius 2 is 1.80 bits per heavy atom. The lowest BCUT2D eigenvalue weighted by molar-refractivity contribution is -0.124. The monoisotopic (exact) mass is 402 g/mol. The molecule has 0 unspecified atom stereocenters. The van der Waals surface area contributed by atoms with Gasteiger partial charge in [0.2, 0.25) is 0 Å². The second-order valence-corrected chi connectivity index (χ2v) is 5.83.